The number of carbonyl (C=O) groups is 4. The Kier molecular flexibility index (Phi) is 8.44. The molecule has 1 aromatic rings. The zero-order valence-corrected chi connectivity index (χ0v) is 19.0. The van der Waals surface area contributed by atoms with Crippen molar-refractivity contribution in [2.45, 2.75) is 58.0 Å². The quantitative estimate of drug-likeness (QED) is 0.502. The van der Waals surface area contributed by atoms with Gasteiger partial charge in [-0.25, -0.2) is 9.59 Å². The van der Waals surface area contributed by atoms with Crippen LogP contribution in [0.25, 0.3) is 0 Å². The lowest BCUT2D eigenvalue weighted by atomic mass is 9.74. The number of benzene rings is 1. The maximum Gasteiger partial charge on any atom is 0.413 e. The third-order valence-electron chi connectivity index (χ3n) is 5.48. The molecule has 0 radical (unpaired) electrons. The largest absolute Gasteiger partial charge is 0.426 e. The van der Waals surface area contributed by atoms with Gasteiger partial charge in [-0.15, -0.1) is 0 Å². The molecular formula is C22H29ClN2O6. The van der Waals surface area contributed by atoms with Crippen LogP contribution in [0.1, 0.15) is 52.0 Å². The number of halogens is 1. The average molecular weight is 453 g/mol. The zero-order valence-electron chi connectivity index (χ0n) is 18.3. The van der Waals surface area contributed by atoms with E-state index < -0.39 is 30.4 Å². The molecule has 1 aromatic carbocycles. The second kappa shape index (κ2) is 10.6. The summed E-state index contributed by atoms with van der Waals surface area (Å²) in [5.74, 6) is -1.41. The lowest BCUT2D eigenvalue weighted by Gasteiger charge is -2.43. The molecule has 0 aliphatic heterocycles. The predicted octanol–water partition coefficient (Wildman–Crippen LogP) is 3.41. The summed E-state index contributed by atoms with van der Waals surface area (Å²) in [7, 11) is 1.48. The number of amides is 2. The minimum Gasteiger partial charge on any atom is -0.426 e. The van der Waals surface area contributed by atoms with Crippen LogP contribution in [0.4, 0.5) is 4.79 Å². The number of ketones is 1. The predicted molar refractivity (Wildman–Crippen MR) is 114 cm³/mol. The molecule has 0 spiro atoms. The molecule has 31 heavy (non-hydrogen) atoms. The monoisotopic (exact) mass is 452 g/mol. The van der Waals surface area contributed by atoms with Crippen molar-refractivity contribution < 1.29 is 28.7 Å². The van der Waals surface area contributed by atoms with Crippen LogP contribution in [0, 0.1) is 5.92 Å². The van der Waals surface area contributed by atoms with E-state index >= 15 is 0 Å². The van der Waals surface area contributed by atoms with Gasteiger partial charge in [0.05, 0.1) is 0 Å². The lowest BCUT2D eigenvalue weighted by molar-refractivity contribution is -0.158. The maximum atomic E-state index is 13.0. The van der Waals surface area contributed by atoms with Crippen LogP contribution < -0.4 is 5.32 Å². The van der Waals surface area contributed by atoms with E-state index in [1.807, 2.05) is 0 Å². The van der Waals surface area contributed by atoms with Gasteiger partial charge in [0.15, 0.2) is 5.78 Å². The SMILES string of the molecule is CC(=O)N[C@H](C(=O)OCOC(=O)N(C)C1(c2ccccc2Cl)CCCCC1=O)C(C)C. The summed E-state index contributed by atoms with van der Waals surface area (Å²) < 4.78 is 10.2. The molecule has 0 bridgehead atoms. The summed E-state index contributed by atoms with van der Waals surface area (Å²) in [6.45, 7) is 4.16. The van der Waals surface area contributed by atoms with Crippen LogP contribution in [0.5, 0.6) is 0 Å². The molecule has 8 nitrogen and oxygen atoms in total. The Labute approximate surface area is 187 Å². The van der Waals surface area contributed by atoms with Crippen LogP contribution in [0.15, 0.2) is 24.3 Å². The Morgan fingerprint density at radius 3 is 2.45 bits per heavy atom. The second-order valence-electron chi connectivity index (χ2n) is 7.94. The summed E-state index contributed by atoms with van der Waals surface area (Å²) in [6, 6.07) is 6.07. The molecule has 2 amide bonds. The van der Waals surface area contributed by atoms with Crippen molar-refractivity contribution in [2.75, 3.05) is 13.8 Å². The maximum absolute atomic E-state index is 13.0. The second-order valence-corrected chi connectivity index (χ2v) is 8.35. The number of nitrogens with zero attached hydrogens (tertiary/aromatic N) is 1. The molecule has 1 N–H and O–H groups in total. The first kappa shape index (κ1) is 24.7. The van der Waals surface area contributed by atoms with Crippen molar-refractivity contribution in [3.05, 3.63) is 34.9 Å². The molecule has 0 aromatic heterocycles. The Bertz CT molecular complexity index is 843. The van der Waals surface area contributed by atoms with Crippen LogP contribution in [0.3, 0.4) is 0 Å². The van der Waals surface area contributed by atoms with E-state index in [4.69, 9.17) is 21.1 Å². The Balaban J connectivity index is 2.12. The Morgan fingerprint density at radius 2 is 1.87 bits per heavy atom. The summed E-state index contributed by atoms with van der Waals surface area (Å²) in [6.07, 6.45) is 1.41. The van der Waals surface area contributed by atoms with Gasteiger partial charge in [-0.05, 0) is 31.2 Å². The summed E-state index contributed by atoms with van der Waals surface area (Å²) in [5.41, 5.74) is -0.697. The first-order chi connectivity index (χ1) is 14.6. The lowest BCUT2D eigenvalue weighted by Crippen LogP contribution is -2.54. The number of carbonyl (C=O) groups excluding carboxylic acids is 4. The van der Waals surface area contributed by atoms with E-state index in [0.717, 1.165) is 12.8 Å². The van der Waals surface area contributed by atoms with Gasteiger partial charge in [-0.2, -0.15) is 0 Å². The molecule has 1 saturated carbocycles. The number of nitrogens with one attached hydrogen (secondary N) is 1. The smallest absolute Gasteiger partial charge is 0.413 e. The molecule has 1 unspecified atom stereocenters. The highest BCUT2D eigenvalue weighted by Gasteiger charge is 2.48. The number of hydrogen-bond donors (Lipinski definition) is 1. The number of hydrogen-bond acceptors (Lipinski definition) is 6. The highest BCUT2D eigenvalue weighted by molar-refractivity contribution is 6.31. The molecule has 0 saturated heterocycles. The van der Waals surface area contributed by atoms with Crippen molar-refractivity contribution in [3.8, 4) is 0 Å². The van der Waals surface area contributed by atoms with Gasteiger partial charge >= 0.3 is 12.1 Å². The fourth-order valence-electron chi connectivity index (χ4n) is 3.83. The third kappa shape index (κ3) is 5.55. The summed E-state index contributed by atoms with van der Waals surface area (Å²) in [4.78, 5) is 50.6. The molecule has 2 atom stereocenters. The first-order valence-corrected chi connectivity index (χ1v) is 10.6. The van der Waals surface area contributed by atoms with E-state index in [9.17, 15) is 19.2 Å². The van der Waals surface area contributed by atoms with Gasteiger partial charge in [0.1, 0.15) is 11.6 Å². The molecule has 1 aliphatic rings. The summed E-state index contributed by atoms with van der Waals surface area (Å²) >= 11 is 6.38. The van der Waals surface area contributed by atoms with Gasteiger partial charge in [0.2, 0.25) is 12.7 Å². The molecule has 9 heteroatoms. The van der Waals surface area contributed by atoms with Gasteiger partial charge < -0.3 is 14.8 Å². The average Bonchev–Trinajstić information content (AvgIpc) is 2.72. The van der Waals surface area contributed by atoms with Gasteiger partial charge in [-0.3, -0.25) is 14.5 Å². The normalized spacial score (nSPS) is 19.5. The summed E-state index contributed by atoms with van der Waals surface area (Å²) in [5, 5.41) is 2.90. The fraction of sp³-hybridized carbons (Fsp3) is 0.545. The Hall–Kier alpha value is -2.61. The number of Topliss-reactive ketones (excluding diaryl/α,β-unsaturated/α-hetero) is 1. The van der Waals surface area contributed by atoms with E-state index in [1.165, 1.54) is 18.9 Å². The molecule has 0 heterocycles. The minimum atomic E-state index is -1.24. The van der Waals surface area contributed by atoms with Crippen molar-refractivity contribution in [3.63, 3.8) is 0 Å². The van der Waals surface area contributed by atoms with Crippen molar-refractivity contribution in [1.82, 2.24) is 10.2 Å². The fourth-order valence-corrected chi connectivity index (χ4v) is 4.12. The van der Waals surface area contributed by atoms with Crippen LogP contribution in [0.2, 0.25) is 5.02 Å². The molecular weight excluding hydrogens is 424 g/mol. The number of esters is 1. The highest BCUT2D eigenvalue weighted by Crippen LogP contribution is 2.42. The van der Waals surface area contributed by atoms with Crippen LogP contribution >= 0.6 is 11.6 Å². The standard InChI is InChI=1S/C22H29ClN2O6/c1-14(2)19(24-15(3)26)20(28)30-13-31-21(29)25(4)22(12-8-7-11-18(22)27)16-9-5-6-10-17(16)23/h5-6,9-10,14,19H,7-8,11-13H2,1-4H3,(H,24,26)/t19-,22?/m0/s1. The molecule has 1 fully saturated rings. The number of likely N-dealkylation sites (N-methyl/N-ethyl adjacent to an activating group) is 1. The topological polar surface area (TPSA) is 102 Å². The van der Waals surface area contributed by atoms with Gasteiger partial charge in [0.25, 0.3) is 0 Å². The van der Waals surface area contributed by atoms with Crippen molar-refractivity contribution in [2.24, 2.45) is 5.92 Å². The van der Waals surface area contributed by atoms with E-state index in [1.54, 1.807) is 38.1 Å². The van der Waals surface area contributed by atoms with Crippen molar-refractivity contribution in [1.29, 1.82) is 0 Å². The zero-order chi connectivity index (χ0) is 23.2. The Morgan fingerprint density at radius 1 is 1.19 bits per heavy atom. The molecule has 170 valence electrons. The highest BCUT2D eigenvalue weighted by atomic mass is 35.5. The van der Waals surface area contributed by atoms with Gasteiger partial charge in [0, 0.05) is 31.0 Å². The van der Waals surface area contributed by atoms with E-state index in [-0.39, 0.29) is 17.6 Å². The van der Waals surface area contributed by atoms with Crippen LogP contribution in [-0.2, 0) is 29.4 Å². The first-order valence-electron chi connectivity index (χ1n) is 10.2. The van der Waals surface area contributed by atoms with Gasteiger partial charge in [-0.1, -0.05) is 43.6 Å². The van der Waals surface area contributed by atoms with E-state index in [2.05, 4.69) is 5.32 Å². The minimum absolute atomic E-state index is 0.117. The van der Waals surface area contributed by atoms with Crippen molar-refractivity contribution >= 4 is 35.4 Å². The van der Waals surface area contributed by atoms with E-state index in [0.29, 0.717) is 23.4 Å². The van der Waals surface area contributed by atoms with Crippen LogP contribution in [-0.4, -0.2) is 48.5 Å². The molecule has 2 rings (SSSR count). The number of ether oxygens (including phenoxy) is 2. The molecule has 1 aliphatic carbocycles. The third-order valence-corrected chi connectivity index (χ3v) is 5.81. The number of rotatable bonds is 7.